The van der Waals surface area contributed by atoms with Gasteiger partial charge in [-0.25, -0.2) is 9.20 Å². The lowest BCUT2D eigenvalue weighted by atomic mass is 10.0. The maximum Gasteiger partial charge on any atom is 0.293 e. The van der Waals surface area contributed by atoms with Crippen LogP contribution in [0.25, 0.3) is 27.5 Å². The number of rotatable bonds is 6. The molecule has 0 aliphatic rings. The van der Waals surface area contributed by atoms with Gasteiger partial charge in [-0.3, -0.25) is 9.59 Å². The average Bonchev–Trinajstić information content (AvgIpc) is 3.27. The fourth-order valence-corrected chi connectivity index (χ4v) is 3.77. The third-order valence-corrected chi connectivity index (χ3v) is 5.30. The normalized spacial score (nSPS) is 11.1. The summed E-state index contributed by atoms with van der Waals surface area (Å²) in [5.74, 6) is 0.369. The standard InChI is InChI=1S/C25H21N5O3/c1-2-33-19-12-10-18(11-13-19)27-24(31)15-29-25(32)23-14-22(28-30(23)16-26-29)21-9-5-7-17-6-3-4-8-20(17)21/h3-14,16H,2,15H2,1H3,(H,27,31). The molecule has 0 unspecified atom stereocenters. The average molecular weight is 439 g/mol. The van der Waals surface area contributed by atoms with Crippen LogP contribution >= 0.6 is 0 Å². The number of carbonyl (C=O) groups excluding carboxylic acids is 1. The first-order valence-corrected chi connectivity index (χ1v) is 10.6. The van der Waals surface area contributed by atoms with Gasteiger partial charge in [-0.15, -0.1) is 0 Å². The number of hydrogen-bond donors (Lipinski definition) is 1. The molecule has 8 heteroatoms. The van der Waals surface area contributed by atoms with Gasteiger partial charge in [0.2, 0.25) is 5.91 Å². The molecule has 0 spiro atoms. The lowest BCUT2D eigenvalue weighted by molar-refractivity contribution is -0.117. The van der Waals surface area contributed by atoms with E-state index in [-0.39, 0.29) is 12.5 Å². The highest BCUT2D eigenvalue weighted by molar-refractivity contribution is 5.96. The minimum absolute atomic E-state index is 0.211. The molecule has 0 aliphatic carbocycles. The first kappa shape index (κ1) is 20.4. The predicted molar refractivity (Wildman–Crippen MR) is 126 cm³/mol. The first-order chi connectivity index (χ1) is 16.1. The lowest BCUT2D eigenvalue weighted by Gasteiger charge is -2.08. The van der Waals surface area contributed by atoms with Crippen LogP contribution in [-0.4, -0.2) is 31.9 Å². The summed E-state index contributed by atoms with van der Waals surface area (Å²) < 4.78 is 7.98. The number of carbonyl (C=O) groups is 1. The Morgan fingerprint density at radius 3 is 2.64 bits per heavy atom. The molecule has 0 atom stereocenters. The number of aromatic nitrogens is 4. The number of ether oxygens (including phenoxy) is 1. The Morgan fingerprint density at radius 1 is 1.03 bits per heavy atom. The zero-order valence-corrected chi connectivity index (χ0v) is 17.9. The highest BCUT2D eigenvalue weighted by Gasteiger charge is 2.14. The number of nitrogens with one attached hydrogen (secondary N) is 1. The first-order valence-electron chi connectivity index (χ1n) is 10.6. The van der Waals surface area contributed by atoms with Crippen molar-refractivity contribution in [1.29, 1.82) is 0 Å². The Kier molecular flexibility index (Phi) is 5.32. The smallest absolute Gasteiger partial charge is 0.293 e. The number of benzene rings is 3. The topological polar surface area (TPSA) is 90.5 Å². The number of anilines is 1. The minimum atomic E-state index is -0.390. The van der Waals surface area contributed by atoms with Crippen molar-refractivity contribution in [2.45, 2.75) is 13.5 Å². The molecule has 0 saturated carbocycles. The molecule has 0 radical (unpaired) electrons. The van der Waals surface area contributed by atoms with Crippen LogP contribution in [0.3, 0.4) is 0 Å². The molecule has 5 aromatic rings. The van der Waals surface area contributed by atoms with Gasteiger partial charge in [0.1, 0.15) is 24.1 Å². The van der Waals surface area contributed by atoms with E-state index in [1.165, 1.54) is 10.8 Å². The maximum atomic E-state index is 13.0. The van der Waals surface area contributed by atoms with E-state index in [1.807, 2.05) is 49.4 Å². The van der Waals surface area contributed by atoms with Crippen molar-refractivity contribution >= 4 is 27.9 Å². The van der Waals surface area contributed by atoms with Crippen molar-refractivity contribution in [3.63, 3.8) is 0 Å². The van der Waals surface area contributed by atoms with Crippen LogP contribution < -0.4 is 15.6 Å². The van der Waals surface area contributed by atoms with E-state index >= 15 is 0 Å². The van der Waals surface area contributed by atoms with Crippen LogP contribution in [0.2, 0.25) is 0 Å². The van der Waals surface area contributed by atoms with Crippen molar-refractivity contribution in [2.24, 2.45) is 0 Å². The van der Waals surface area contributed by atoms with Gasteiger partial charge in [-0.05, 0) is 48.0 Å². The molecule has 0 fully saturated rings. The molecule has 0 aliphatic heterocycles. The number of hydrogen-bond acceptors (Lipinski definition) is 5. The Hall–Kier alpha value is -4.46. The Bertz CT molecular complexity index is 1510. The summed E-state index contributed by atoms with van der Waals surface area (Å²) in [6.07, 6.45) is 1.44. The van der Waals surface area contributed by atoms with Crippen LogP contribution in [-0.2, 0) is 11.3 Å². The van der Waals surface area contributed by atoms with Gasteiger partial charge in [-0.1, -0.05) is 42.5 Å². The molecule has 1 N–H and O–H groups in total. The van der Waals surface area contributed by atoms with Gasteiger partial charge in [0.05, 0.1) is 12.3 Å². The summed E-state index contributed by atoms with van der Waals surface area (Å²) in [5.41, 5.74) is 2.17. The fourth-order valence-electron chi connectivity index (χ4n) is 3.77. The quantitative estimate of drug-likeness (QED) is 0.435. The predicted octanol–water partition coefficient (Wildman–Crippen LogP) is 3.75. The van der Waals surface area contributed by atoms with E-state index < -0.39 is 5.56 Å². The van der Waals surface area contributed by atoms with Crippen molar-refractivity contribution in [1.82, 2.24) is 19.4 Å². The molecular formula is C25H21N5O3. The molecule has 0 bridgehead atoms. The van der Waals surface area contributed by atoms with Gasteiger partial charge < -0.3 is 10.1 Å². The Balaban J connectivity index is 1.40. The number of amides is 1. The zero-order valence-electron chi connectivity index (χ0n) is 17.9. The van der Waals surface area contributed by atoms with Crippen LogP contribution in [0.15, 0.2) is 83.9 Å². The largest absolute Gasteiger partial charge is 0.494 e. The van der Waals surface area contributed by atoms with Crippen molar-refractivity contribution in [2.75, 3.05) is 11.9 Å². The number of nitrogens with zero attached hydrogens (tertiary/aromatic N) is 4. The summed E-state index contributed by atoms with van der Waals surface area (Å²) in [6.45, 7) is 2.26. The molecule has 3 aromatic carbocycles. The molecule has 8 nitrogen and oxygen atoms in total. The highest BCUT2D eigenvalue weighted by Crippen LogP contribution is 2.27. The molecule has 1 amide bonds. The van der Waals surface area contributed by atoms with E-state index in [1.54, 1.807) is 30.3 Å². The third kappa shape index (κ3) is 4.06. The van der Waals surface area contributed by atoms with E-state index in [9.17, 15) is 9.59 Å². The van der Waals surface area contributed by atoms with Crippen LogP contribution in [0, 0.1) is 0 Å². The third-order valence-electron chi connectivity index (χ3n) is 5.30. The summed E-state index contributed by atoms with van der Waals surface area (Å²) in [6, 6.07) is 22.7. The molecule has 5 rings (SSSR count). The van der Waals surface area contributed by atoms with Gasteiger partial charge in [-0.2, -0.15) is 10.2 Å². The van der Waals surface area contributed by atoms with Gasteiger partial charge in [0, 0.05) is 11.3 Å². The van der Waals surface area contributed by atoms with Gasteiger partial charge in [0.15, 0.2) is 0 Å². The second kappa shape index (κ2) is 8.58. The van der Waals surface area contributed by atoms with Crippen molar-refractivity contribution < 1.29 is 9.53 Å². The second-order valence-electron chi connectivity index (χ2n) is 7.49. The maximum absolute atomic E-state index is 13.0. The van der Waals surface area contributed by atoms with E-state index in [2.05, 4.69) is 15.5 Å². The zero-order chi connectivity index (χ0) is 22.8. The summed E-state index contributed by atoms with van der Waals surface area (Å²) in [5, 5.41) is 13.6. The lowest BCUT2D eigenvalue weighted by Crippen LogP contribution is -2.30. The van der Waals surface area contributed by atoms with Gasteiger partial charge >= 0.3 is 0 Å². The van der Waals surface area contributed by atoms with E-state index in [0.717, 1.165) is 26.8 Å². The van der Waals surface area contributed by atoms with Gasteiger partial charge in [0.25, 0.3) is 5.56 Å². The van der Waals surface area contributed by atoms with Crippen LogP contribution in [0.4, 0.5) is 5.69 Å². The SMILES string of the molecule is CCOc1ccc(NC(=O)Cn2ncn3nc(-c4cccc5ccccc45)cc3c2=O)cc1. The van der Waals surface area contributed by atoms with Crippen molar-refractivity contribution in [3.8, 4) is 17.0 Å². The molecule has 2 aromatic heterocycles. The monoisotopic (exact) mass is 439 g/mol. The molecule has 2 heterocycles. The fraction of sp³-hybridized carbons (Fsp3) is 0.120. The Labute approximate surface area is 189 Å². The number of fused-ring (bicyclic) bond motifs is 2. The second-order valence-corrected chi connectivity index (χ2v) is 7.49. The van der Waals surface area contributed by atoms with E-state index in [0.29, 0.717) is 23.5 Å². The van der Waals surface area contributed by atoms with Crippen LogP contribution in [0.5, 0.6) is 5.75 Å². The van der Waals surface area contributed by atoms with Crippen LogP contribution in [0.1, 0.15) is 6.92 Å². The van der Waals surface area contributed by atoms with E-state index in [4.69, 9.17) is 4.74 Å². The molecular weight excluding hydrogens is 418 g/mol. The Morgan fingerprint density at radius 2 is 1.82 bits per heavy atom. The molecule has 164 valence electrons. The summed E-state index contributed by atoms with van der Waals surface area (Å²) in [7, 11) is 0. The minimum Gasteiger partial charge on any atom is -0.494 e. The highest BCUT2D eigenvalue weighted by atomic mass is 16.5. The summed E-state index contributed by atoms with van der Waals surface area (Å²) in [4.78, 5) is 25.5. The molecule has 33 heavy (non-hydrogen) atoms. The molecule has 0 saturated heterocycles. The van der Waals surface area contributed by atoms with Crippen molar-refractivity contribution in [3.05, 3.63) is 89.5 Å². The summed E-state index contributed by atoms with van der Waals surface area (Å²) >= 11 is 0.